The minimum Gasteiger partial charge on any atom is -0.489 e. The number of esters is 1. The van der Waals surface area contributed by atoms with Crippen LogP contribution in [0.3, 0.4) is 0 Å². The first-order valence-electron chi connectivity index (χ1n) is 12.3. The monoisotopic (exact) mass is 479 g/mol. The van der Waals surface area contributed by atoms with Crippen molar-refractivity contribution in [1.82, 2.24) is 0 Å². The van der Waals surface area contributed by atoms with Crippen molar-refractivity contribution in [3.05, 3.63) is 113 Å². The molecular weight excluding hydrogens is 450 g/mol. The maximum Gasteiger partial charge on any atom is 0.315 e. The van der Waals surface area contributed by atoms with Crippen molar-refractivity contribution < 1.29 is 19.1 Å². The van der Waals surface area contributed by atoms with Crippen LogP contribution in [0, 0.1) is 5.92 Å². The van der Waals surface area contributed by atoms with E-state index in [1.807, 2.05) is 79.7 Å². The highest BCUT2D eigenvalue weighted by molar-refractivity contribution is 6.09. The van der Waals surface area contributed by atoms with E-state index < -0.39 is 17.8 Å². The SMILES string of the molecule is COC(=O)C1C(C)=NC2=C(C(=O)C[C@H](c3ccccc3)C2)[C@H]1c1ccccc1OCc1ccccc1. The molecule has 1 heterocycles. The van der Waals surface area contributed by atoms with Gasteiger partial charge in [0, 0.05) is 34.9 Å². The number of allylic oxidation sites excluding steroid dienone is 2. The zero-order valence-electron chi connectivity index (χ0n) is 20.5. The van der Waals surface area contributed by atoms with Gasteiger partial charge in [-0.2, -0.15) is 0 Å². The van der Waals surface area contributed by atoms with E-state index in [1.165, 1.54) is 7.11 Å². The quantitative estimate of drug-likeness (QED) is 0.406. The first-order chi connectivity index (χ1) is 17.6. The highest BCUT2D eigenvalue weighted by Gasteiger charge is 2.45. The number of carbonyl (C=O) groups excluding carboxylic acids is 2. The van der Waals surface area contributed by atoms with Crippen LogP contribution < -0.4 is 4.74 Å². The number of aliphatic imine (C=N–C) groups is 1. The van der Waals surface area contributed by atoms with Crippen LogP contribution >= 0.6 is 0 Å². The lowest BCUT2D eigenvalue weighted by Gasteiger charge is -2.36. The van der Waals surface area contributed by atoms with Crippen molar-refractivity contribution in [3.63, 3.8) is 0 Å². The van der Waals surface area contributed by atoms with Crippen molar-refractivity contribution in [2.75, 3.05) is 7.11 Å². The molecule has 182 valence electrons. The molecule has 1 aliphatic heterocycles. The van der Waals surface area contributed by atoms with Crippen molar-refractivity contribution in [2.24, 2.45) is 10.9 Å². The number of methoxy groups -OCH3 is 1. The van der Waals surface area contributed by atoms with E-state index in [0.29, 0.717) is 36.5 Å². The number of rotatable bonds is 6. The van der Waals surface area contributed by atoms with E-state index in [9.17, 15) is 9.59 Å². The van der Waals surface area contributed by atoms with Gasteiger partial charge in [0.05, 0.1) is 7.11 Å². The largest absolute Gasteiger partial charge is 0.489 e. The summed E-state index contributed by atoms with van der Waals surface area (Å²) in [5.74, 6) is -0.857. The molecule has 0 fully saturated rings. The minimum absolute atomic E-state index is 0.0260. The molecule has 0 bridgehead atoms. The van der Waals surface area contributed by atoms with Gasteiger partial charge < -0.3 is 9.47 Å². The van der Waals surface area contributed by atoms with Gasteiger partial charge in [0.25, 0.3) is 0 Å². The molecule has 1 aliphatic carbocycles. The number of benzene rings is 3. The Hall–Kier alpha value is -3.99. The average Bonchev–Trinajstić information content (AvgIpc) is 2.92. The third kappa shape index (κ3) is 4.61. The Morgan fingerprint density at radius 1 is 0.917 bits per heavy atom. The zero-order valence-corrected chi connectivity index (χ0v) is 20.5. The van der Waals surface area contributed by atoms with Crippen LogP contribution in [0.15, 0.2) is 101 Å². The molecule has 0 radical (unpaired) electrons. The first kappa shape index (κ1) is 23.7. The summed E-state index contributed by atoms with van der Waals surface area (Å²) in [6.07, 6.45) is 1.04. The third-order valence-corrected chi connectivity index (χ3v) is 7.11. The van der Waals surface area contributed by atoms with Gasteiger partial charge in [-0.05, 0) is 36.5 Å². The van der Waals surface area contributed by atoms with Crippen LogP contribution in [0.25, 0.3) is 0 Å². The Morgan fingerprint density at radius 2 is 1.58 bits per heavy atom. The van der Waals surface area contributed by atoms with Gasteiger partial charge in [0.15, 0.2) is 5.78 Å². The van der Waals surface area contributed by atoms with Crippen molar-refractivity contribution >= 4 is 17.5 Å². The van der Waals surface area contributed by atoms with Crippen LogP contribution in [0.1, 0.15) is 48.3 Å². The Labute approximate surface area is 211 Å². The van der Waals surface area contributed by atoms with Gasteiger partial charge in [-0.1, -0.05) is 78.9 Å². The second-order valence-electron chi connectivity index (χ2n) is 9.34. The molecule has 5 rings (SSSR count). The highest BCUT2D eigenvalue weighted by Crippen LogP contribution is 2.48. The maximum atomic E-state index is 13.7. The molecule has 0 spiro atoms. The van der Waals surface area contributed by atoms with Crippen LogP contribution in [-0.4, -0.2) is 24.6 Å². The van der Waals surface area contributed by atoms with E-state index >= 15 is 0 Å². The number of ether oxygens (including phenoxy) is 2. The van der Waals surface area contributed by atoms with Crippen LogP contribution in [0.2, 0.25) is 0 Å². The predicted octanol–water partition coefficient (Wildman–Crippen LogP) is 6.01. The number of nitrogens with zero attached hydrogens (tertiary/aromatic N) is 1. The summed E-state index contributed by atoms with van der Waals surface area (Å²) in [7, 11) is 1.38. The van der Waals surface area contributed by atoms with Crippen molar-refractivity contribution in [2.45, 2.75) is 38.2 Å². The third-order valence-electron chi connectivity index (χ3n) is 7.11. The normalized spacial score (nSPS) is 21.4. The standard InChI is InChI=1S/C31H29NO4/c1-20-28(31(34)35-2)29(24-15-9-10-16-27(24)36-19-21-11-5-3-6-12-21)30-25(32-20)17-23(18-26(30)33)22-13-7-4-8-14-22/h3-16,23,28-29H,17-19H2,1-2H3/t23-,28?,29+/m1/s1. The van der Waals surface area contributed by atoms with Gasteiger partial charge in [0.1, 0.15) is 18.3 Å². The van der Waals surface area contributed by atoms with E-state index in [4.69, 9.17) is 14.5 Å². The second kappa shape index (κ2) is 10.3. The molecule has 5 nitrogen and oxygen atoms in total. The summed E-state index contributed by atoms with van der Waals surface area (Å²) in [6.45, 7) is 2.23. The molecule has 2 aliphatic rings. The summed E-state index contributed by atoms with van der Waals surface area (Å²) < 4.78 is 11.4. The number of para-hydroxylation sites is 1. The molecule has 0 N–H and O–H groups in total. The Morgan fingerprint density at radius 3 is 2.31 bits per heavy atom. The number of hydrogen-bond donors (Lipinski definition) is 0. The van der Waals surface area contributed by atoms with Gasteiger partial charge in [-0.3, -0.25) is 14.6 Å². The fraction of sp³-hybridized carbons (Fsp3) is 0.258. The molecule has 0 amide bonds. The topological polar surface area (TPSA) is 65.0 Å². The van der Waals surface area contributed by atoms with Crippen LogP contribution in [0.5, 0.6) is 5.75 Å². The minimum atomic E-state index is -0.688. The molecule has 0 saturated carbocycles. The Balaban J connectivity index is 1.57. The van der Waals surface area contributed by atoms with E-state index in [1.54, 1.807) is 0 Å². The molecule has 3 aromatic carbocycles. The number of hydrogen-bond acceptors (Lipinski definition) is 5. The van der Waals surface area contributed by atoms with E-state index in [-0.39, 0.29) is 11.7 Å². The summed E-state index contributed by atoms with van der Waals surface area (Å²) in [6, 6.07) is 27.7. The average molecular weight is 480 g/mol. The highest BCUT2D eigenvalue weighted by atomic mass is 16.5. The van der Waals surface area contributed by atoms with Crippen LogP contribution in [-0.2, 0) is 20.9 Å². The molecule has 0 saturated heterocycles. The van der Waals surface area contributed by atoms with Gasteiger partial charge in [-0.25, -0.2) is 0 Å². The number of ketones is 1. The second-order valence-corrected chi connectivity index (χ2v) is 9.34. The molecule has 3 atom stereocenters. The molecule has 5 heteroatoms. The molecule has 0 aromatic heterocycles. The summed E-state index contributed by atoms with van der Waals surface area (Å²) in [5.41, 5.74) is 5.00. The molecule has 36 heavy (non-hydrogen) atoms. The van der Waals surface area contributed by atoms with Crippen LogP contribution in [0.4, 0.5) is 0 Å². The fourth-order valence-electron chi connectivity index (χ4n) is 5.39. The molecule has 3 aromatic rings. The lowest BCUT2D eigenvalue weighted by Crippen LogP contribution is -2.38. The van der Waals surface area contributed by atoms with Gasteiger partial charge >= 0.3 is 5.97 Å². The maximum absolute atomic E-state index is 13.7. The summed E-state index contributed by atoms with van der Waals surface area (Å²) in [4.78, 5) is 31.6. The number of Topliss-reactive ketones (excluding diaryl/α,β-unsaturated/α-hetero) is 1. The van der Waals surface area contributed by atoms with E-state index in [0.717, 1.165) is 22.4 Å². The Kier molecular flexibility index (Phi) is 6.81. The molecule has 1 unspecified atom stereocenters. The Bertz CT molecular complexity index is 1330. The lowest BCUT2D eigenvalue weighted by molar-refractivity contribution is -0.143. The fourth-order valence-corrected chi connectivity index (χ4v) is 5.39. The van der Waals surface area contributed by atoms with Gasteiger partial charge in [0.2, 0.25) is 0 Å². The smallest absolute Gasteiger partial charge is 0.315 e. The van der Waals surface area contributed by atoms with Gasteiger partial charge in [-0.15, -0.1) is 0 Å². The molecular formula is C31H29NO4. The van der Waals surface area contributed by atoms with Crippen molar-refractivity contribution in [3.8, 4) is 5.75 Å². The van der Waals surface area contributed by atoms with Crippen molar-refractivity contribution in [1.29, 1.82) is 0 Å². The summed E-state index contributed by atoms with van der Waals surface area (Å²) in [5, 5.41) is 0. The van der Waals surface area contributed by atoms with E-state index in [2.05, 4.69) is 12.1 Å². The zero-order chi connectivity index (χ0) is 25.1. The predicted molar refractivity (Wildman–Crippen MR) is 139 cm³/mol. The summed E-state index contributed by atoms with van der Waals surface area (Å²) >= 11 is 0. The number of carbonyl (C=O) groups is 2. The lowest BCUT2D eigenvalue weighted by atomic mass is 9.69. The first-order valence-corrected chi connectivity index (χ1v) is 12.3.